The van der Waals surface area contributed by atoms with Crippen LogP contribution in [0.25, 0.3) is 0 Å². The van der Waals surface area contributed by atoms with Crippen LogP contribution in [-0.2, 0) is 24.0 Å². The number of Topliss-reactive ketones (excluding diaryl/α,β-unsaturated/α-hetero) is 1. The van der Waals surface area contributed by atoms with E-state index in [4.69, 9.17) is 0 Å². The van der Waals surface area contributed by atoms with Gasteiger partial charge in [0.2, 0.25) is 23.5 Å². The number of carbonyl (C=O) groups is 6. The number of alkyl halides is 3. The highest BCUT2D eigenvalue weighted by Crippen LogP contribution is 2.65. The van der Waals surface area contributed by atoms with Crippen molar-refractivity contribution in [3.8, 4) is 0 Å². The standard InChI is InChI=1S/C33H53F3N6O6/c1-12-15-37-27(46)24(44)20(13-14-33(34,35)36)38-26(45)23-22-19(32(22,9)10)16-42(23)28(47)25(31(6,7)8)40-29(48)39-21(30(3,4)5)17-41(11)18(2)43/h12,19-23,25H,1,13-17H2,2-11H3,(H,37,46)(H,38,45)(H2,39,40,48)/t19-,20?,21+,22-,23-,25+/m0/s1. The number of halogens is 3. The van der Waals surface area contributed by atoms with Crippen molar-refractivity contribution < 1.29 is 41.9 Å². The molecule has 1 aliphatic carbocycles. The molecule has 12 nitrogen and oxygen atoms in total. The fourth-order valence-corrected chi connectivity index (χ4v) is 6.14. The van der Waals surface area contributed by atoms with Gasteiger partial charge in [-0.1, -0.05) is 61.5 Å². The first-order chi connectivity index (χ1) is 21.7. The second-order valence-electron chi connectivity index (χ2n) is 15.7. The molecule has 15 heteroatoms. The fraction of sp³-hybridized carbons (Fsp3) is 0.758. The molecule has 0 aromatic heterocycles. The average molecular weight is 687 g/mol. The Morgan fingerprint density at radius 1 is 0.979 bits per heavy atom. The van der Waals surface area contributed by atoms with Gasteiger partial charge in [-0.3, -0.25) is 24.0 Å². The number of nitrogens with one attached hydrogen (secondary N) is 4. The topological polar surface area (TPSA) is 157 Å². The first-order valence-corrected chi connectivity index (χ1v) is 16.1. The van der Waals surface area contributed by atoms with E-state index in [2.05, 4.69) is 27.8 Å². The van der Waals surface area contributed by atoms with E-state index in [1.807, 2.05) is 34.6 Å². The van der Waals surface area contributed by atoms with Gasteiger partial charge in [0.25, 0.3) is 5.91 Å². The zero-order valence-corrected chi connectivity index (χ0v) is 29.8. The van der Waals surface area contributed by atoms with Crippen molar-refractivity contribution in [2.24, 2.45) is 28.1 Å². The van der Waals surface area contributed by atoms with Crippen LogP contribution in [-0.4, -0.2) is 102 Å². The molecule has 6 atom stereocenters. The Morgan fingerprint density at radius 2 is 1.56 bits per heavy atom. The summed E-state index contributed by atoms with van der Waals surface area (Å²) in [5.74, 6) is -4.50. The highest BCUT2D eigenvalue weighted by Gasteiger charge is 2.70. The van der Waals surface area contributed by atoms with Crippen LogP contribution in [0.3, 0.4) is 0 Å². The van der Waals surface area contributed by atoms with Crippen molar-refractivity contribution in [3.63, 3.8) is 0 Å². The summed E-state index contributed by atoms with van der Waals surface area (Å²) >= 11 is 0. The van der Waals surface area contributed by atoms with Crippen molar-refractivity contribution in [2.75, 3.05) is 26.7 Å². The number of ketones is 1. The Balaban J connectivity index is 2.37. The minimum absolute atomic E-state index is 0.105. The number of hydrogen-bond acceptors (Lipinski definition) is 6. The number of likely N-dealkylation sites (N-methyl/N-ethyl adjacent to an activating group) is 1. The molecule has 0 bridgehead atoms. The van der Waals surface area contributed by atoms with E-state index in [1.165, 1.54) is 22.8 Å². The van der Waals surface area contributed by atoms with E-state index in [9.17, 15) is 41.9 Å². The predicted molar refractivity (Wildman–Crippen MR) is 173 cm³/mol. The molecule has 1 saturated heterocycles. The first kappa shape index (κ1) is 40.5. The van der Waals surface area contributed by atoms with E-state index in [1.54, 1.807) is 27.8 Å². The fourth-order valence-electron chi connectivity index (χ4n) is 6.14. The molecule has 1 heterocycles. The van der Waals surface area contributed by atoms with Gasteiger partial charge in [-0.25, -0.2) is 4.79 Å². The molecule has 6 amide bonds. The maximum absolute atomic E-state index is 14.2. The zero-order chi connectivity index (χ0) is 37.2. The molecule has 2 rings (SSSR count). The quantitative estimate of drug-likeness (QED) is 0.173. The van der Waals surface area contributed by atoms with Crippen LogP contribution in [0.1, 0.15) is 75.2 Å². The Labute approximate surface area is 281 Å². The molecule has 4 N–H and O–H groups in total. The van der Waals surface area contributed by atoms with Crippen LogP contribution in [0.15, 0.2) is 12.7 Å². The number of carbonyl (C=O) groups excluding carboxylic acids is 6. The molecule has 0 spiro atoms. The smallest absolute Gasteiger partial charge is 0.346 e. The van der Waals surface area contributed by atoms with Gasteiger partial charge in [-0.2, -0.15) is 13.2 Å². The SMILES string of the molecule is C=CCNC(=O)C(=O)C(CCC(F)(F)F)NC(=O)[C@@H]1[C@@H]2[C@H](CN1C(=O)[C@@H](NC(=O)N[C@H](CN(C)C(C)=O)C(C)(C)C)C(C)(C)C)C2(C)C. The van der Waals surface area contributed by atoms with E-state index < -0.39 is 83.6 Å². The molecule has 0 aromatic carbocycles. The molecular weight excluding hydrogens is 633 g/mol. The third kappa shape index (κ3) is 10.2. The summed E-state index contributed by atoms with van der Waals surface area (Å²) in [6.07, 6.45) is -5.65. The predicted octanol–water partition coefficient (Wildman–Crippen LogP) is 2.77. The molecule has 48 heavy (non-hydrogen) atoms. The summed E-state index contributed by atoms with van der Waals surface area (Å²) in [4.78, 5) is 81.4. The highest BCUT2D eigenvalue weighted by molar-refractivity contribution is 6.38. The van der Waals surface area contributed by atoms with Crippen molar-refractivity contribution in [1.82, 2.24) is 31.1 Å². The van der Waals surface area contributed by atoms with E-state index in [-0.39, 0.29) is 42.8 Å². The third-order valence-electron chi connectivity index (χ3n) is 9.47. The van der Waals surface area contributed by atoms with Gasteiger partial charge >= 0.3 is 12.2 Å². The van der Waals surface area contributed by atoms with Crippen molar-refractivity contribution >= 4 is 35.4 Å². The summed E-state index contributed by atoms with van der Waals surface area (Å²) < 4.78 is 39.5. The van der Waals surface area contributed by atoms with Crippen LogP contribution in [0, 0.1) is 28.1 Å². The van der Waals surface area contributed by atoms with Crippen LogP contribution in [0.4, 0.5) is 18.0 Å². The highest BCUT2D eigenvalue weighted by atomic mass is 19.4. The second-order valence-corrected chi connectivity index (χ2v) is 15.7. The van der Waals surface area contributed by atoms with Gasteiger partial charge in [-0.15, -0.1) is 6.58 Å². The summed E-state index contributed by atoms with van der Waals surface area (Å²) in [6.45, 7) is 19.8. The molecule has 1 unspecified atom stereocenters. The molecular formula is C33H53F3N6O6. The van der Waals surface area contributed by atoms with Crippen molar-refractivity contribution in [1.29, 1.82) is 0 Å². The molecule has 2 fully saturated rings. The van der Waals surface area contributed by atoms with Crippen LogP contribution < -0.4 is 21.3 Å². The van der Waals surface area contributed by atoms with Crippen LogP contribution in [0.2, 0.25) is 0 Å². The molecule has 1 aliphatic heterocycles. The summed E-state index contributed by atoms with van der Waals surface area (Å²) in [5.41, 5.74) is -1.69. The Morgan fingerprint density at radius 3 is 2.04 bits per heavy atom. The number of urea groups is 1. The molecule has 2 aliphatic rings. The molecule has 1 saturated carbocycles. The lowest BCUT2D eigenvalue weighted by Crippen LogP contribution is -2.62. The van der Waals surface area contributed by atoms with Crippen LogP contribution in [0.5, 0.6) is 0 Å². The van der Waals surface area contributed by atoms with E-state index in [0.29, 0.717) is 0 Å². The third-order valence-corrected chi connectivity index (χ3v) is 9.47. The lowest BCUT2D eigenvalue weighted by Gasteiger charge is -2.39. The number of nitrogens with zero attached hydrogens (tertiary/aromatic N) is 2. The van der Waals surface area contributed by atoms with Gasteiger partial charge in [0, 0.05) is 40.0 Å². The van der Waals surface area contributed by atoms with Crippen LogP contribution >= 0.6 is 0 Å². The number of hydrogen-bond donors (Lipinski definition) is 4. The lowest BCUT2D eigenvalue weighted by atomic mass is 9.85. The Bertz CT molecular complexity index is 1270. The largest absolute Gasteiger partial charge is 0.389 e. The number of likely N-dealkylation sites (tertiary alicyclic amines) is 1. The minimum atomic E-state index is -4.65. The number of amides is 6. The molecule has 272 valence electrons. The Kier molecular flexibility index (Phi) is 12.5. The zero-order valence-electron chi connectivity index (χ0n) is 29.8. The maximum Gasteiger partial charge on any atom is 0.389 e. The van der Waals surface area contributed by atoms with E-state index in [0.717, 1.165) is 0 Å². The minimum Gasteiger partial charge on any atom is -0.346 e. The van der Waals surface area contributed by atoms with E-state index >= 15 is 0 Å². The monoisotopic (exact) mass is 686 g/mol. The average Bonchev–Trinajstić information content (AvgIpc) is 3.26. The second kappa shape index (κ2) is 14.9. The van der Waals surface area contributed by atoms with Gasteiger partial charge in [0.05, 0.1) is 12.1 Å². The number of piperidine rings is 1. The van der Waals surface area contributed by atoms with Gasteiger partial charge in [-0.05, 0) is 34.5 Å². The van der Waals surface area contributed by atoms with Gasteiger partial charge in [0.15, 0.2) is 0 Å². The first-order valence-electron chi connectivity index (χ1n) is 16.1. The normalized spacial score (nSPS) is 21.9. The number of rotatable bonds is 13. The molecule has 0 radical (unpaired) electrons. The summed E-state index contributed by atoms with van der Waals surface area (Å²) in [7, 11) is 1.61. The molecule has 0 aromatic rings. The van der Waals surface area contributed by atoms with Gasteiger partial charge < -0.3 is 31.1 Å². The number of fused-ring (bicyclic) bond motifs is 1. The van der Waals surface area contributed by atoms with Crippen molar-refractivity contribution in [2.45, 2.75) is 105 Å². The maximum atomic E-state index is 14.2. The summed E-state index contributed by atoms with van der Waals surface area (Å²) in [5, 5.41) is 10.2. The Hall–Kier alpha value is -3.65. The van der Waals surface area contributed by atoms with Gasteiger partial charge in [0.1, 0.15) is 12.1 Å². The lowest BCUT2D eigenvalue weighted by molar-refractivity contribution is -0.148. The summed E-state index contributed by atoms with van der Waals surface area (Å²) in [6, 6.07) is -5.22. The van der Waals surface area contributed by atoms with Crippen molar-refractivity contribution in [3.05, 3.63) is 12.7 Å².